The van der Waals surface area contributed by atoms with Crippen LogP contribution in [0.5, 0.6) is 0 Å². The van der Waals surface area contributed by atoms with E-state index in [1.165, 1.54) is 0 Å². The van der Waals surface area contributed by atoms with Gasteiger partial charge < -0.3 is 15.5 Å². The van der Waals surface area contributed by atoms with Crippen molar-refractivity contribution in [3.63, 3.8) is 0 Å². The maximum Gasteiger partial charge on any atom is 0.224 e. The van der Waals surface area contributed by atoms with Crippen LogP contribution in [0.3, 0.4) is 0 Å². The molecular weight excluding hydrogens is 384 g/mol. The molecule has 3 aromatic heterocycles. The lowest BCUT2D eigenvalue weighted by atomic mass is 9.98. The number of piperidine rings is 1. The quantitative estimate of drug-likeness (QED) is 0.671. The van der Waals surface area contributed by atoms with Crippen LogP contribution in [0.4, 0.5) is 16.8 Å². The summed E-state index contributed by atoms with van der Waals surface area (Å²) < 4.78 is 0. The molecular formula is C21H24N6OS. The Bertz CT molecular complexity index is 1000. The topological polar surface area (TPSA) is 83.0 Å². The first-order valence-electron chi connectivity index (χ1n) is 9.72. The van der Waals surface area contributed by atoms with Crippen molar-refractivity contribution in [1.82, 2.24) is 20.3 Å². The molecule has 1 fully saturated rings. The predicted molar refractivity (Wildman–Crippen MR) is 117 cm³/mol. The van der Waals surface area contributed by atoms with Crippen molar-refractivity contribution in [1.29, 1.82) is 0 Å². The number of hydrogen-bond acceptors (Lipinski definition) is 7. The Morgan fingerprint density at radius 2 is 2.14 bits per heavy atom. The summed E-state index contributed by atoms with van der Waals surface area (Å²) in [5, 5.41) is 6.96. The summed E-state index contributed by atoms with van der Waals surface area (Å²) in [7, 11) is 1.70. The van der Waals surface area contributed by atoms with Crippen LogP contribution in [-0.4, -0.2) is 41.0 Å². The van der Waals surface area contributed by atoms with Crippen molar-refractivity contribution in [3.8, 4) is 10.6 Å². The number of amides is 1. The number of nitrogens with zero attached hydrogens (tertiary/aromatic N) is 4. The first-order chi connectivity index (χ1) is 14.1. The summed E-state index contributed by atoms with van der Waals surface area (Å²) in [5.41, 5.74) is 2.01. The zero-order valence-corrected chi connectivity index (χ0v) is 17.4. The Morgan fingerprint density at radius 3 is 2.97 bits per heavy atom. The smallest absolute Gasteiger partial charge is 0.224 e. The first-order valence-corrected chi connectivity index (χ1v) is 10.5. The van der Waals surface area contributed by atoms with Gasteiger partial charge in [0, 0.05) is 32.5 Å². The van der Waals surface area contributed by atoms with Crippen molar-refractivity contribution in [3.05, 3.63) is 48.3 Å². The maximum atomic E-state index is 12.0. The SMILES string of the molecule is CNC(=O)C1CCCN(c2ncc(-c3cccc(Nc4cc(C)ccn4)n3)s2)C1. The summed E-state index contributed by atoms with van der Waals surface area (Å²) in [6, 6.07) is 9.83. The molecule has 1 atom stereocenters. The number of pyridine rings is 2. The van der Waals surface area contributed by atoms with Gasteiger partial charge in [0.1, 0.15) is 11.6 Å². The number of thiazole rings is 1. The molecule has 29 heavy (non-hydrogen) atoms. The van der Waals surface area contributed by atoms with Crippen molar-refractivity contribution < 1.29 is 4.79 Å². The number of aryl methyl sites for hydroxylation is 1. The van der Waals surface area contributed by atoms with Crippen molar-refractivity contribution in [2.24, 2.45) is 5.92 Å². The fraction of sp³-hybridized carbons (Fsp3) is 0.333. The number of carbonyl (C=O) groups excluding carboxylic acids is 1. The van der Waals surface area contributed by atoms with E-state index in [1.54, 1.807) is 24.6 Å². The van der Waals surface area contributed by atoms with Crippen LogP contribution in [0.2, 0.25) is 0 Å². The molecule has 1 unspecified atom stereocenters. The van der Waals surface area contributed by atoms with Crippen LogP contribution < -0.4 is 15.5 Å². The van der Waals surface area contributed by atoms with E-state index in [0.29, 0.717) is 6.54 Å². The minimum Gasteiger partial charge on any atom is -0.359 e. The second-order valence-electron chi connectivity index (χ2n) is 7.16. The van der Waals surface area contributed by atoms with Gasteiger partial charge in [-0.15, -0.1) is 0 Å². The molecule has 0 aromatic carbocycles. The molecule has 1 saturated heterocycles. The normalized spacial score (nSPS) is 16.5. The minimum absolute atomic E-state index is 0.0218. The van der Waals surface area contributed by atoms with Gasteiger partial charge in [-0.3, -0.25) is 4.79 Å². The second-order valence-corrected chi connectivity index (χ2v) is 8.17. The molecule has 2 N–H and O–H groups in total. The summed E-state index contributed by atoms with van der Waals surface area (Å²) in [6.45, 7) is 3.67. The van der Waals surface area contributed by atoms with Crippen LogP contribution in [0.25, 0.3) is 10.6 Å². The molecule has 8 heteroatoms. The number of anilines is 3. The third kappa shape index (κ3) is 4.54. The van der Waals surface area contributed by atoms with Gasteiger partial charge in [0.2, 0.25) is 5.91 Å². The Hall–Kier alpha value is -3.00. The van der Waals surface area contributed by atoms with Crippen LogP contribution in [0, 0.1) is 12.8 Å². The second kappa shape index (κ2) is 8.57. The van der Waals surface area contributed by atoms with Crippen LogP contribution >= 0.6 is 11.3 Å². The van der Waals surface area contributed by atoms with Crippen LogP contribution in [-0.2, 0) is 4.79 Å². The van der Waals surface area contributed by atoms with E-state index in [1.807, 2.05) is 43.5 Å². The maximum absolute atomic E-state index is 12.0. The van der Waals surface area contributed by atoms with Gasteiger partial charge in [-0.1, -0.05) is 17.4 Å². The third-order valence-corrected chi connectivity index (χ3v) is 6.06. The highest BCUT2D eigenvalue weighted by atomic mass is 32.1. The largest absolute Gasteiger partial charge is 0.359 e. The fourth-order valence-corrected chi connectivity index (χ4v) is 4.40. The number of rotatable bonds is 5. The average Bonchev–Trinajstić information content (AvgIpc) is 3.24. The average molecular weight is 409 g/mol. The zero-order chi connectivity index (χ0) is 20.2. The van der Waals surface area contributed by atoms with E-state index in [0.717, 1.165) is 52.3 Å². The molecule has 150 valence electrons. The minimum atomic E-state index is 0.0218. The molecule has 0 saturated carbocycles. The molecule has 1 aliphatic rings. The standard InChI is InChI=1S/C21H24N6OS/c1-14-8-9-23-19(11-14)26-18-7-3-6-16(25-18)17-12-24-21(29-17)27-10-4-5-15(13-27)20(28)22-2/h3,6-9,11-12,15H,4-5,10,13H2,1-2H3,(H,22,28)(H,23,25,26). The van der Waals surface area contributed by atoms with Crippen molar-refractivity contribution >= 4 is 34.0 Å². The Kier molecular flexibility index (Phi) is 5.71. The summed E-state index contributed by atoms with van der Waals surface area (Å²) in [4.78, 5) is 28.9. The lowest BCUT2D eigenvalue weighted by Crippen LogP contribution is -2.42. The van der Waals surface area contributed by atoms with E-state index >= 15 is 0 Å². The monoisotopic (exact) mass is 408 g/mol. The lowest BCUT2D eigenvalue weighted by Gasteiger charge is -2.31. The fourth-order valence-electron chi connectivity index (χ4n) is 3.48. The van der Waals surface area contributed by atoms with Crippen molar-refractivity contribution in [2.45, 2.75) is 19.8 Å². The van der Waals surface area contributed by atoms with Gasteiger partial charge in [0.25, 0.3) is 0 Å². The van der Waals surface area contributed by atoms with E-state index in [-0.39, 0.29) is 11.8 Å². The summed E-state index contributed by atoms with van der Waals surface area (Å²) >= 11 is 1.61. The molecule has 0 spiro atoms. The molecule has 0 aliphatic carbocycles. The third-order valence-electron chi connectivity index (χ3n) is 4.98. The van der Waals surface area contributed by atoms with Crippen LogP contribution in [0.1, 0.15) is 18.4 Å². The molecule has 4 heterocycles. The van der Waals surface area contributed by atoms with E-state index < -0.39 is 0 Å². The molecule has 1 aliphatic heterocycles. The van der Waals surface area contributed by atoms with Gasteiger partial charge in [-0.25, -0.2) is 15.0 Å². The number of nitrogens with one attached hydrogen (secondary N) is 2. The Morgan fingerprint density at radius 1 is 1.24 bits per heavy atom. The van der Waals surface area contributed by atoms with Gasteiger partial charge in [0.15, 0.2) is 5.13 Å². The molecule has 1 amide bonds. The molecule has 3 aromatic rings. The van der Waals surface area contributed by atoms with Gasteiger partial charge in [-0.2, -0.15) is 0 Å². The Balaban J connectivity index is 1.50. The van der Waals surface area contributed by atoms with Gasteiger partial charge >= 0.3 is 0 Å². The Labute approximate surface area is 174 Å². The number of carbonyl (C=O) groups is 1. The lowest BCUT2D eigenvalue weighted by molar-refractivity contribution is -0.124. The molecule has 7 nitrogen and oxygen atoms in total. The predicted octanol–water partition coefficient (Wildman–Crippen LogP) is 3.61. The number of hydrogen-bond donors (Lipinski definition) is 2. The molecule has 4 rings (SSSR count). The highest BCUT2D eigenvalue weighted by Gasteiger charge is 2.26. The van der Waals surface area contributed by atoms with Gasteiger partial charge in [0.05, 0.1) is 16.5 Å². The molecule has 0 radical (unpaired) electrons. The summed E-state index contributed by atoms with van der Waals surface area (Å²) in [6.07, 6.45) is 5.56. The van der Waals surface area contributed by atoms with E-state index in [9.17, 15) is 4.79 Å². The summed E-state index contributed by atoms with van der Waals surface area (Å²) in [5.74, 6) is 1.65. The van der Waals surface area contributed by atoms with Gasteiger partial charge in [-0.05, 0) is 49.6 Å². The highest BCUT2D eigenvalue weighted by Crippen LogP contribution is 2.33. The highest BCUT2D eigenvalue weighted by molar-refractivity contribution is 7.18. The van der Waals surface area contributed by atoms with E-state index in [2.05, 4.69) is 25.5 Å². The first kappa shape index (κ1) is 19.3. The molecule has 0 bridgehead atoms. The number of aromatic nitrogens is 3. The zero-order valence-electron chi connectivity index (χ0n) is 16.6. The van der Waals surface area contributed by atoms with E-state index in [4.69, 9.17) is 4.98 Å². The van der Waals surface area contributed by atoms with Crippen molar-refractivity contribution in [2.75, 3.05) is 30.4 Å². The van der Waals surface area contributed by atoms with Crippen LogP contribution in [0.15, 0.2) is 42.7 Å².